The highest BCUT2D eigenvalue weighted by Crippen LogP contribution is 2.37. The van der Waals surface area contributed by atoms with Gasteiger partial charge in [-0.15, -0.1) is 11.3 Å². The van der Waals surface area contributed by atoms with Gasteiger partial charge in [0, 0.05) is 15.5 Å². The Balaban J connectivity index is 1.88. The summed E-state index contributed by atoms with van der Waals surface area (Å²) in [7, 11) is 0. The normalized spacial score (nSPS) is 13.3. The Morgan fingerprint density at radius 2 is 1.95 bits per heavy atom. The van der Waals surface area contributed by atoms with E-state index in [-0.39, 0.29) is 5.91 Å². The van der Waals surface area contributed by atoms with Crippen molar-refractivity contribution in [3.8, 4) is 6.07 Å². The van der Waals surface area contributed by atoms with Crippen molar-refractivity contribution in [3.05, 3.63) is 50.9 Å². The number of hydrogen-bond donors (Lipinski definition) is 1. The van der Waals surface area contributed by atoms with Crippen molar-refractivity contribution in [2.24, 2.45) is 0 Å². The number of rotatable bonds is 2. The Hall–Kier alpha value is -1.83. The summed E-state index contributed by atoms with van der Waals surface area (Å²) in [6.07, 6.45) is 4.21. The standard InChI is InChI=1S/C16H13ClN2OS/c17-11-7-5-10(6-8-11)15(20)19-16-13(9-18)12-3-1-2-4-14(12)21-16/h5-8H,1-4H2,(H,19,20). The number of hydrogen-bond acceptors (Lipinski definition) is 3. The molecule has 106 valence electrons. The zero-order valence-electron chi connectivity index (χ0n) is 11.3. The van der Waals surface area contributed by atoms with E-state index in [1.165, 1.54) is 16.2 Å². The number of halogens is 1. The van der Waals surface area contributed by atoms with Gasteiger partial charge < -0.3 is 5.32 Å². The second-order valence-corrected chi connectivity index (χ2v) is 6.53. The summed E-state index contributed by atoms with van der Waals surface area (Å²) in [6, 6.07) is 8.96. The predicted octanol–water partition coefficient (Wildman–Crippen LogP) is 4.40. The Kier molecular flexibility index (Phi) is 3.96. The monoisotopic (exact) mass is 316 g/mol. The van der Waals surface area contributed by atoms with Gasteiger partial charge in [0.05, 0.1) is 5.56 Å². The van der Waals surface area contributed by atoms with Crippen LogP contribution in [0.5, 0.6) is 0 Å². The van der Waals surface area contributed by atoms with Crippen LogP contribution >= 0.6 is 22.9 Å². The summed E-state index contributed by atoms with van der Waals surface area (Å²) >= 11 is 7.35. The molecular weight excluding hydrogens is 304 g/mol. The number of carbonyl (C=O) groups is 1. The Bertz CT molecular complexity index is 728. The topological polar surface area (TPSA) is 52.9 Å². The number of aryl methyl sites for hydroxylation is 1. The minimum Gasteiger partial charge on any atom is -0.312 e. The lowest BCUT2D eigenvalue weighted by molar-refractivity contribution is 0.102. The third kappa shape index (κ3) is 2.80. The Morgan fingerprint density at radius 1 is 1.24 bits per heavy atom. The summed E-state index contributed by atoms with van der Waals surface area (Å²) in [6.45, 7) is 0. The minimum atomic E-state index is -0.207. The number of fused-ring (bicyclic) bond motifs is 1. The fraction of sp³-hybridized carbons (Fsp3) is 0.250. The molecule has 1 aliphatic carbocycles. The van der Waals surface area contributed by atoms with Crippen molar-refractivity contribution < 1.29 is 4.79 Å². The molecule has 1 heterocycles. The molecule has 0 bridgehead atoms. The summed E-state index contributed by atoms with van der Waals surface area (Å²) in [5, 5.41) is 13.5. The van der Waals surface area contributed by atoms with Gasteiger partial charge in [0.2, 0.25) is 0 Å². The number of anilines is 1. The molecule has 1 aromatic carbocycles. The lowest BCUT2D eigenvalue weighted by atomic mass is 9.96. The maximum absolute atomic E-state index is 12.2. The Labute approximate surface area is 132 Å². The van der Waals surface area contributed by atoms with E-state index in [2.05, 4.69) is 11.4 Å². The number of thiophene rings is 1. The molecule has 5 heteroatoms. The van der Waals surface area contributed by atoms with E-state index in [1.54, 1.807) is 24.3 Å². The predicted molar refractivity (Wildman–Crippen MR) is 85.1 cm³/mol. The van der Waals surface area contributed by atoms with Crippen LogP contribution < -0.4 is 5.32 Å². The van der Waals surface area contributed by atoms with Crippen LogP contribution in [0.25, 0.3) is 0 Å². The average molecular weight is 317 g/mol. The van der Waals surface area contributed by atoms with Gasteiger partial charge in [0.25, 0.3) is 5.91 Å². The van der Waals surface area contributed by atoms with E-state index < -0.39 is 0 Å². The summed E-state index contributed by atoms with van der Waals surface area (Å²) in [5.41, 5.74) is 2.30. The number of benzene rings is 1. The van der Waals surface area contributed by atoms with Gasteiger partial charge in [0.15, 0.2) is 0 Å². The van der Waals surface area contributed by atoms with Gasteiger partial charge in [-0.1, -0.05) is 11.6 Å². The number of nitrogens with zero attached hydrogens (tertiary/aromatic N) is 1. The third-order valence-corrected chi connectivity index (χ3v) is 5.08. The van der Waals surface area contributed by atoms with Crippen LogP contribution in [0.15, 0.2) is 24.3 Å². The van der Waals surface area contributed by atoms with Crippen LogP contribution in [0, 0.1) is 11.3 Å². The molecule has 0 saturated heterocycles. The van der Waals surface area contributed by atoms with Crippen molar-refractivity contribution in [1.82, 2.24) is 0 Å². The minimum absolute atomic E-state index is 0.207. The van der Waals surface area contributed by atoms with Crippen LogP contribution in [0.3, 0.4) is 0 Å². The first-order valence-corrected chi connectivity index (χ1v) is 8.00. The number of amides is 1. The lowest BCUT2D eigenvalue weighted by Crippen LogP contribution is -2.11. The molecule has 0 saturated carbocycles. The zero-order chi connectivity index (χ0) is 14.8. The maximum Gasteiger partial charge on any atom is 0.256 e. The highest BCUT2D eigenvalue weighted by atomic mass is 35.5. The van der Waals surface area contributed by atoms with E-state index in [0.29, 0.717) is 21.2 Å². The molecule has 3 nitrogen and oxygen atoms in total. The van der Waals surface area contributed by atoms with Crippen LogP contribution in [0.2, 0.25) is 5.02 Å². The quantitative estimate of drug-likeness (QED) is 0.892. The van der Waals surface area contributed by atoms with Crippen LogP contribution in [-0.4, -0.2) is 5.91 Å². The largest absolute Gasteiger partial charge is 0.312 e. The van der Waals surface area contributed by atoms with Gasteiger partial charge in [-0.2, -0.15) is 5.26 Å². The highest BCUT2D eigenvalue weighted by Gasteiger charge is 2.22. The first-order chi connectivity index (χ1) is 10.2. The molecule has 1 amide bonds. The number of nitrogens with one attached hydrogen (secondary N) is 1. The van der Waals surface area contributed by atoms with E-state index >= 15 is 0 Å². The fourth-order valence-electron chi connectivity index (χ4n) is 2.55. The number of carbonyl (C=O) groups excluding carboxylic acids is 1. The average Bonchev–Trinajstić information content (AvgIpc) is 2.84. The molecule has 3 rings (SSSR count). The molecule has 21 heavy (non-hydrogen) atoms. The molecule has 1 aromatic heterocycles. The highest BCUT2D eigenvalue weighted by molar-refractivity contribution is 7.16. The smallest absolute Gasteiger partial charge is 0.256 e. The summed E-state index contributed by atoms with van der Waals surface area (Å²) < 4.78 is 0. The van der Waals surface area contributed by atoms with Crippen molar-refractivity contribution >= 4 is 33.8 Å². The van der Waals surface area contributed by atoms with E-state index in [4.69, 9.17) is 11.6 Å². The molecule has 0 unspecified atom stereocenters. The van der Waals surface area contributed by atoms with Gasteiger partial charge in [-0.05, 0) is 55.5 Å². The molecule has 1 N–H and O–H groups in total. The lowest BCUT2D eigenvalue weighted by Gasteiger charge is -2.09. The van der Waals surface area contributed by atoms with Gasteiger partial charge in [-0.3, -0.25) is 4.79 Å². The van der Waals surface area contributed by atoms with E-state index in [0.717, 1.165) is 31.2 Å². The first kappa shape index (κ1) is 14.1. The SMILES string of the molecule is N#Cc1c(NC(=O)c2ccc(Cl)cc2)sc2c1CCCC2. The molecule has 2 aromatic rings. The molecule has 0 fully saturated rings. The summed E-state index contributed by atoms with van der Waals surface area (Å²) in [5.74, 6) is -0.207. The van der Waals surface area contributed by atoms with Gasteiger partial charge in [0.1, 0.15) is 11.1 Å². The van der Waals surface area contributed by atoms with Crippen molar-refractivity contribution in [1.29, 1.82) is 5.26 Å². The second kappa shape index (κ2) is 5.88. The van der Waals surface area contributed by atoms with Crippen LogP contribution in [0.1, 0.15) is 39.2 Å². The third-order valence-electron chi connectivity index (χ3n) is 3.62. The van der Waals surface area contributed by atoms with E-state index in [1.807, 2.05) is 0 Å². The van der Waals surface area contributed by atoms with Crippen LogP contribution in [0.4, 0.5) is 5.00 Å². The molecular formula is C16H13ClN2OS. The van der Waals surface area contributed by atoms with Crippen molar-refractivity contribution in [2.45, 2.75) is 25.7 Å². The Morgan fingerprint density at radius 3 is 2.67 bits per heavy atom. The number of nitriles is 1. The fourth-order valence-corrected chi connectivity index (χ4v) is 3.91. The maximum atomic E-state index is 12.2. The van der Waals surface area contributed by atoms with E-state index in [9.17, 15) is 10.1 Å². The van der Waals surface area contributed by atoms with Crippen molar-refractivity contribution in [3.63, 3.8) is 0 Å². The van der Waals surface area contributed by atoms with Gasteiger partial charge in [-0.25, -0.2) is 0 Å². The molecule has 0 radical (unpaired) electrons. The molecule has 1 aliphatic rings. The van der Waals surface area contributed by atoms with Crippen molar-refractivity contribution in [2.75, 3.05) is 5.32 Å². The molecule has 0 atom stereocenters. The summed E-state index contributed by atoms with van der Waals surface area (Å²) in [4.78, 5) is 13.5. The first-order valence-electron chi connectivity index (χ1n) is 6.80. The molecule has 0 spiro atoms. The molecule has 0 aliphatic heterocycles. The van der Waals surface area contributed by atoms with Crippen LogP contribution in [-0.2, 0) is 12.8 Å². The van der Waals surface area contributed by atoms with Gasteiger partial charge >= 0.3 is 0 Å². The zero-order valence-corrected chi connectivity index (χ0v) is 12.9. The second-order valence-electron chi connectivity index (χ2n) is 4.99.